The zero-order chi connectivity index (χ0) is 16.3. The lowest BCUT2D eigenvalue weighted by Gasteiger charge is -2.36. The van der Waals surface area contributed by atoms with Gasteiger partial charge in [-0.2, -0.15) is 0 Å². The van der Waals surface area contributed by atoms with Crippen LogP contribution in [0.5, 0.6) is 0 Å². The number of methoxy groups -OCH3 is 1. The van der Waals surface area contributed by atoms with E-state index in [2.05, 4.69) is 17.1 Å². The van der Waals surface area contributed by atoms with E-state index >= 15 is 0 Å². The first-order valence-corrected chi connectivity index (χ1v) is 8.59. The largest absolute Gasteiger partial charge is 0.465 e. The number of rotatable bonds is 3. The molecular weight excluding hydrogens is 320 g/mol. The van der Waals surface area contributed by atoms with E-state index in [4.69, 9.17) is 21.7 Å². The molecule has 0 unspecified atom stereocenters. The maximum atomic E-state index is 11.9. The molecule has 0 saturated carbocycles. The van der Waals surface area contributed by atoms with E-state index in [0.29, 0.717) is 10.7 Å². The molecule has 0 bridgehead atoms. The van der Waals surface area contributed by atoms with Gasteiger partial charge in [0.15, 0.2) is 5.11 Å². The summed E-state index contributed by atoms with van der Waals surface area (Å²) in [7, 11) is 1.39. The van der Waals surface area contributed by atoms with E-state index in [9.17, 15) is 4.79 Å². The number of nitrogens with one attached hydrogen (secondary N) is 1. The van der Waals surface area contributed by atoms with Gasteiger partial charge in [0.05, 0.1) is 24.9 Å². The molecule has 1 aliphatic rings. The summed E-state index contributed by atoms with van der Waals surface area (Å²) in [4.78, 5) is 15.1. The number of esters is 1. The second-order valence-corrected chi connectivity index (χ2v) is 6.92. The molecule has 0 aromatic carbocycles. The molecule has 2 rings (SSSR count). The van der Waals surface area contributed by atoms with Gasteiger partial charge < -0.3 is 19.7 Å². The molecule has 2 heterocycles. The predicted octanol–water partition coefficient (Wildman–Crippen LogP) is 2.90. The maximum Gasteiger partial charge on any atom is 0.340 e. The van der Waals surface area contributed by atoms with Crippen LogP contribution in [0, 0.1) is 0 Å². The van der Waals surface area contributed by atoms with Crippen LogP contribution in [0.2, 0.25) is 0 Å². The number of thiocarbonyl (C=S) groups is 1. The summed E-state index contributed by atoms with van der Waals surface area (Å²) < 4.78 is 10.6. The van der Waals surface area contributed by atoms with Crippen LogP contribution in [-0.4, -0.2) is 48.4 Å². The van der Waals surface area contributed by atoms with Crippen molar-refractivity contribution in [3.8, 4) is 0 Å². The highest BCUT2D eigenvalue weighted by Gasteiger charge is 2.25. The predicted molar refractivity (Wildman–Crippen MR) is 92.8 cm³/mol. The monoisotopic (exact) mass is 342 g/mol. The summed E-state index contributed by atoms with van der Waals surface area (Å²) in [5.74, 6) is -0.343. The van der Waals surface area contributed by atoms with Gasteiger partial charge in [0, 0.05) is 18.0 Å². The Kier molecular flexibility index (Phi) is 5.77. The fraction of sp³-hybridized carbons (Fsp3) is 0.600. The molecule has 1 N–H and O–H groups in total. The first kappa shape index (κ1) is 17.2. The van der Waals surface area contributed by atoms with Crippen LogP contribution in [-0.2, 0) is 15.9 Å². The molecule has 2 atom stereocenters. The molecule has 22 heavy (non-hydrogen) atoms. The van der Waals surface area contributed by atoms with Gasteiger partial charge in [-0.3, -0.25) is 0 Å². The second kappa shape index (κ2) is 7.39. The third-order valence-corrected chi connectivity index (χ3v) is 5.02. The normalized spacial score (nSPS) is 21.5. The lowest BCUT2D eigenvalue weighted by Crippen LogP contribution is -2.49. The minimum absolute atomic E-state index is 0.137. The van der Waals surface area contributed by atoms with Crippen molar-refractivity contribution >= 4 is 39.6 Å². The van der Waals surface area contributed by atoms with Crippen LogP contribution < -0.4 is 5.32 Å². The maximum absolute atomic E-state index is 11.9. The van der Waals surface area contributed by atoms with Crippen molar-refractivity contribution in [2.45, 2.75) is 39.4 Å². The van der Waals surface area contributed by atoms with Gasteiger partial charge in [0.25, 0.3) is 0 Å². The van der Waals surface area contributed by atoms with Crippen LogP contribution >= 0.6 is 23.6 Å². The Hall–Kier alpha value is -1.18. The molecule has 0 spiro atoms. The topological polar surface area (TPSA) is 50.8 Å². The van der Waals surface area contributed by atoms with Crippen molar-refractivity contribution in [1.29, 1.82) is 0 Å². The molecule has 1 aromatic heterocycles. The van der Waals surface area contributed by atoms with E-state index in [-0.39, 0.29) is 18.2 Å². The number of thiophene rings is 1. The van der Waals surface area contributed by atoms with Gasteiger partial charge in [-0.15, -0.1) is 11.3 Å². The summed E-state index contributed by atoms with van der Waals surface area (Å²) in [5.41, 5.74) is 0.543. The number of aryl methyl sites for hydroxylation is 1. The zero-order valence-electron chi connectivity index (χ0n) is 13.3. The van der Waals surface area contributed by atoms with Crippen LogP contribution in [0.25, 0.3) is 0 Å². The Labute approximate surface area is 140 Å². The number of ether oxygens (including phenoxy) is 2. The number of carbonyl (C=O) groups excluding carboxylic acids is 1. The summed E-state index contributed by atoms with van der Waals surface area (Å²) in [6.07, 6.45) is 1.14. The number of morpholine rings is 1. The van der Waals surface area contributed by atoms with Crippen LogP contribution in [0.4, 0.5) is 5.00 Å². The average molecular weight is 342 g/mol. The smallest absolute Gasteiger partial charge is 0.340 e. The molecule has 0 aliphatic carbocycles. The molecule has 7 heteroatoms. The Morgan fingerprint density at radius 3 is 2.68 bits per heavy atom. The molecule has 1 aliphatic heterocycles. The molecule has 0 amide bonds. The second-order valence-electron chi connectivity index (χ2n) is 5.39. The first-order chi connectivity index (χ1) is 10.4. The van der Waals surface area contributed by atoms with E-state index < -0.39 is 0 Å². The number of carbonyl (C=O) groups is 1. The van der Waals surface area contributed by atoms with Gasteiger partial charge in [-0.25, -0.2) is 4.79 Å². The fourth-order valence-electron chi connectivity index (χ4n) is 2.49. The van der Waals surface area contributed by atoms with Crippen LogP contribution in [0.15, 0.2) is 6.07 Å². The van der Waals surface area contributed by atoms with Crippen molar-refractivity contribution in [3.05, 3.63) is 16.5 Å². The van der Waals surface area contributed by atoms with E-state index in [1.807, 2.05) is 19.9 Å². The molecule has 0 radical (unpaired) electrons. The minimum Gasteiger partial charge on any atom is -0.465 e. The zero-order valence-corrected chi connectivity index (χ0v) is 15.0. The Morgan fingerprint density at radius 2 is 2.14 bits per heavy atom. The molecule has 1 fully saturated rings. The van der Waals surface area contributed by atoms with E-state index in [1.165, 1.54) is 18.4 Å². The Morgan fingerprint density at radius 1 is 1.50 bits per heavy atom. The Bertz CT molecular complexity index is 549. The van der Waals surface area contributed by atoms with E-state index in [1.54, 1.807) is 0 Å². The van der Waals surface area contributed by atoms with E-state index in [0.717, 1.165) is 29.4 Å². The summed E-state index contributed by atoms with van der Waals surface area (Å²) in [6, 6.07) is 1.87. The fourth-order valence-corrected chi connectivity index (χ4v) is 3.79. The molecule has 1 saturated heterocycles. The van der Waals surface area contributed by atoms with Gasteiger partial charge in [0.2, 0.25) is 0 Å². The van der Waals surface area contributed by atoms with Gasteiger partial charge in [-0.1, -0.05) is 6.92 Å². The van der Waals surface area contributed by atoms with Crippen molar-refractivity contribution in [3.63, 3.8) is 0 Å². The molecule has 1 aromatic rings. The molecule has 122 valence electrons. The lowest BCUT2D eigenvalue weighted by atomic mass is 10.2. The van der Waals surface area contributed by atoms with Crippen molar-refractivity contribution in [1.82, 2.24) is 4.90 Å². The van der Waals surface area contributed by atoms with Gasteiger partial charge in [0.1, 0.15) is 5.00 Å². The number of anilines is 1. The van der Waals surface area contributed by atoms with Crippen LogP contribution in [0.3, 0.4) is 0 Å². The Balaban J connectivity index is 2.14. The lowest BCUT2D eigenvalue weighted by molar-refractivity contribution is -0.0473. The average Bonchev–Trinajstić information content (AvgIpc) is 2.88. The third-order valence-electron chi connectivity index (χ3n) is 3.46. The third kappa shape index (κ3) is 3.97. The van der Waals surface area contributed by atoms with Crippen molar-refractivity contribution < 1.29 is 14.3 Å². The van der Waals surface area contributed by atoms with Gasteiger partial charge in [-0.05, 0) is 38.6 Å². The SMILES string of the molecule is CCc1cc(C(=O)OC)c(NC(=S)N2C[C@H](C)O[C@@H](C)C2)s1. The minimum atomic E-state index is -0.343. The summed E-state index contributed by atoms with van der Waals surface area (Å²) in [6.45, 7) is 7.61. The van der Waals surface area contributed by atoms with Crippen molar-refractivity contribution in [2.75, 3.05) is 25.5 Å². The molecular formula is C15H22N2O3S2. The standard InChI is InChI=1S/C15H22N2O3S2/c1-5-11-6-12(14(18)19-4)13(22-11)16-15(21)17-7-9(2)20-10(3)8-17/h6,9-10H,5,7-8H2,1-4H3,(H,16,21)/t9-,10-/m0/s1. The summed E-state index contributed by atoms with van der Waals surface area (Å²) >= 11 is 7.04. The first-order valence-electron chi connectivity index (χ1n) is 7.37. The molecule has 5 nitrogen and oxygen atoms in total. The number of nitrogens with zero attached hydrogens (tertiary/aromatic N) is 1. The highest BCUT2D eigenvalue weighted by Crippen LogP contribution is 2.29. The quantitative estimate of drug-likeness (QED) is 0.673. The number of hydrogen-bond donors (Lipinski definition) is 1. The van der Waals surface area contributed by atoms with Gasteiger partial charge >= 0.3 is 5.97 Å². The van der Waals surface area contributed by atoms with Crippen molar-refractivity contribution in [2.24, 2.45) is 0 Å². The van der Waals surface area contributed by atoms with Crippen LogP contribution in [0.1, 0.15) is 36.0 Å². The highest BCUT2D eigenvalue weighted by molar-refractivity contribution is 7.80. The highest BCUT2D eigenvalue weighted by atomic mass is 32.1. The summed E-state index contributed by atoms with van der Waals surface area (Å²) in [5, 5.41) is 4.58. The number of hydrogen-bond acceptors (Lipinski definition) is 5.